The van der Waals surface area contributed by atoms with Gasteiger partial charge in [0.25, 0.3) is 0 Å². The van der Waals surface area contributed by atoms with Crippen molar-refractivity contribution >= 4 is 15.9 Å². The highest BCUT2D eigenvalue weighted by Gasteiger charge is 2.31. The van der Waals surface area contributed by atoms with Gasteiger partial charge in [0.1, 0.15) is 0 Å². The highest BCUT2D eigenvalue weighted by Crippen LogP contribution is 2.20. The largest absolute Gasteiger partial charge is 0.353 e. The molecule has 118 valence electrons. The first-order valence-corrected chi connectivity index (χ1v) is 9.23. The number of piperidine rings is 1. The summed E-state index contributed by atoms with van der Waals surface area (Å²) < 4.78 is 24.6. The van der Waals surface area contributed by atoms with E-state index in [0.717, 1.165) is 12.8 Å². The number of hydrogen-bond donors (Lipinski definition) is 1. The molecule has 0 spiro atoms. The zero-order chi connectivity index (χ0) is 15.5. The van der Waals surface area contributed by atoms with Gasteiger partial charge in [-0.1, -0.05) is 27.7 Å². The summed E-state index contributed by atoms with van der Waals surface area (Å²) in [5.41, 5.74) is 0. The van der Waals surface area contributed by atoms with Crippen LogP contribution < -0.4 is 5.32 Å². The van der Waals surface area contributed by atoms with Crippen molar-refractivity contribution in [2.75, 3.05) is 19.3 Å². The van der Waals surface area contributed by atoms with Crippen LogP contribution in [0.4, 0.5) is 0 Å². The number of rotatable bonds is 5. The van der Waals surface area contributed by atoms with Crippen LogP contribution in [0.2, 0.25) is 0 Å². The fourth-order valence-corrected chi connectivity index (χ4v) is 3.75. The fraction of sp³-hybridized carbons (Fsp3) is 0.929. The number of carbonyl (C=O) groups excluding carboxylic acids is 1. The molecule has 0 aliphatic carbocycles. The average Bonchev–Trinajstić information content (AvgIpc) is 2.34. The number of carbonyl (C=O) groups is 1. The quantitative estimate of drug-likeness (QED) is 0.836. The van der Waals surface area contributed by atoms with Crippen molar-refractivity contribution in [3.05, 3.63) is 0 Å². The average molecular weight is 304 g/mol. The first-order chi connectivity index (χ1) is 9.12. The van der Waals surface area contributed by atoms with Crippen molar-refractivity contribution in [1.82, 2.24) is 9.62 Å². The Morgan fingerprint density at radius 2 is 1.75 bits per heavy atom. The van der Waals surface area contributed by atoms with E-state index in [-0.39, 0.29) is 17.9 Å². The summed E-state index contributed by atoms with van der Waals surface area (Å²) in [6.45, 7) is 9.21. The molecule has 1 heterocycles. The molecule has 1 atom stereocenters. The predicted molar refractivity (Wildman–Crippen MR) is 80.7 cm³/mol. The third-order valence-corrected chi connectivity index (χ3v) is 5.24. The number of sulfonamides is 1. The molecule has 1 fully saturated rings. The van der Waals surface area contributed by atoms with Crippen molar-refractivity contribution in [1.29, 1.82) is 0 Å². The van der Waals surface area contributed by atoms with Gasteiger partial charge in [-0.3, -0.25) is 4.79 Å². The Morgan fingerprint density at radius 1 is 1.20 bits per heavy atom. The zero-order valence-electron chi connectivity index (χ0n) is 13.2. The molecule has 0 aromatic heterocycles. The van der Waals surface area contributed by atoms with Gasteiger partial charge in [0.05, 0.1) is 12.2 Å². The van der Waals surface area contributed by atoms with E-state index in [1.807, 2.05) is 0 Å². The summed E-state index contributed by atoms with van der Waals surface area (Å²) in [5.74, 6) is 0.506. The standard InChI is InChI=1S/C14H28N2O3S/c1-10(2)13(11(3)4)15-14(17)12-7-6-8-16(9-12)20(5,18)19/h10-13H,6-9H2,1-5H3,(H,15,17)/t12-/m1/s1. The Kier molecular flexibility index (Phi) is 6.01. The lowest BCUT2D eigenvalue weighted by Crippen LogP contribution is -2.49. The van der Waals surface area contributed by atoms with E-state index < -0.39 is 10.0 Å². The molecule has 0 saturated carbocycles. The fourth-order valence-electron chi connectivity index (χ4n) is 2.84. The monoisotopic (exact) mass is 304 g/mol. The van der Waals surface area contributed by atoms with E-state index in [9.17, 15) is 13.2 Å². The van der Waals surface area contributed by atoms with Crippen molar-refractivity contribution < 1.29 is 13.2 Å². The second-order valence-corrected chi connectivity index (χ2v) is 8.47. The molecular weight excluding hydrogens is 276 g/mol. The number of nitrogens with zero attached hydrogens (tertiary/aromatic N) is 1. The van der Waals surface area contributed by atoms with Crippen LogP contribution >= 0.6 is 0 Å². The van der Waals surface area contributed by atoms with Gasteiger partial charge in [-0.25, -0.2) is 12.7 Å². The molecule has 5 nitrogen and oxygen atoms in total. The Labute approximate surface area is 123 Å². The molecule has 20 heavy (non-hydrogen) atoms. The van der Waals surface area contributed by atoms with Gasteiger partial charge in [0.2, 0.25) is 15.9 Å². The van der Waals surface area contributed by atoms with E-state index in [2.05, 4.69) is 33.0 Å². The second-order valence-electron chi connectivity index (χ2n) is 6.48. The van der Waals surface area contributed by atoms with Crippen molar-refractivity contribution in [2.24, 2.45) is 17.8 Å². The number of amides is 1. The minimum atomic E-state index is -3.20. The molecule has 0 bridgehead atoms. The highest BCUT2D eigenvalue weighted by molar-refractivity contribution is 7.88. The third kappa shape index (κ3) is 4.74. The molecule has 1 rings (SSSR count). The first-order valence-electron chi connectivity index (χ1n) is 7.38. The van der Waals surface area contributed by atoms with Crippen LogP contribution in [-0.4, -0.2) is 44.0 Å². The molecule has 0 unspecified atom stereocenters. The third-order valence-electron chi connectivity index (χ3n) is 3.97. The predicted octanol–water partition coefficient (Wildman–Crippen LogP) is 1.45. The summed E-state index contributed by atoms with van der Waals surface area (Å²) in [5, 5.41) is 3.10. The molecule has 1 aliphatic heterocycles. The second kappa shape index (κ2) is 6.89. The summed E-state index contributed by atoms with van der Waals surface area (Å²) in [6.07, 6.45) is 2.72. The van der Waals surface area contributed by atoms with Crippen molar-refractivity contribution in [3.63, 3.8) is 0 Å². The number of hydrogen-bond acceptors (Lipinski definition) is 3. The van der Waals surface area contributed by atoms with Gasteiger partial charge in [-0.15, -0.1) is 0 Å². The smallest absolute Gasteiger partial charge is 0.224 e. The molecule has 1 aliphatic rings. The molecule has 6 heteroatoms. The van der Waals surface area contributed by atoms with Crippen LogP contribution in [-0.2, 0) is 14.8 Å². The van der Waals surface area contributed by atoms with E-state index >= 15 is 0 Å². The summed E-state index contributed by atoms with van der Waals surface area (Å²) in [6, 6.07) is 0.135. The van der Waals surface area contributed by atoms with E-state index in [4.69, 9.17) is 0 Å². The Hall–Kier alpha value is -0.620. The van der Waals surface area contributed by atoms with Gasteiger partial charge in [0, 0.05) is 19.1 Å². The van der Waals surface area contributed by atoms with Crippen LogP contribution in [0.1, 0.15) is 40.5 Å². The molecule has 0 radical (unpaired) electrons. The van der Waals surface area contributed by atoms with Crippen LogP contribution in [0.15, 0.2) is 0 Å². The molecule has 1 saturated heterocycles. The van der Waals surface area contributed by atoms with Crippen LogP contribution in [0.25, 0.3) is 0 Å². The SMILES string of the molecule is CC(C)C(NC(=O)[C@@H]1CCCN(S(C)(=O)=O)C1)C(C)C. The van der Waals surface area contributed by atoms with Crippen molar-refractivity contribution in [3.8, 4) is 0 Å². The molecule has 1 N–H and O–H groups in total. The zero-order valence-corrected chi connectivity index (χ0v) is 14.0. The van der Waals surface area contributed by atoms with Gasteiger partial charge in [-0.2, -0.15) is 0 Å². The topological polar surface area (TPSA) is 66.5 Å². The van der Waals surface area contributed by atoms with Crippen LogP contribution in [0.5, 0.6) is 0 Å². The molecular formula is C14H28N2O3S. The minimum absolute atomic E-state index is 0.00856. The normalized spacial score (nSPS) is 21.7. The lowest BCUT2D eigenvalue weighted by Gasteiger charge is -2.33. The minimum Gasteiger partial charge on any atom is -0.353 e. The summed E-state index contributed by atoms with van der Waals surface area (Å²) in [4.78, 5) is 12.4. The Balaban J connectivity index is 2.67. The van der Waals surface area contributed by atoms with Gasteiger partial charge < -0.3 is 5.32 Å². The van der Waals surface area contributed by atoms with E-state index in [1.165, 1.54) is 10.6 Å². The maximum atomic E-state index is 12.4. The number of nitrogens with one attached hydrogen (secondary N) is 1. The Morgan fingerprint density at radius 3 is 2.20 bits per heavy atom. The van der Waals surface area contributed by atoms with Gasteiger partial charge in [-0.05, 0) is 24.7 Å². The Bertz CT molecular complexity index is 424. The lowest BCUT2D eigenvalue weighted by atomic mass is 9.91. The van der Waals surface area contributed by atoms with Gasteiger partial charge in [0.15, 0.2) is 0 Å². The van der Waals surface area contributed by atoms with Crippen LogP contribution in [0.3, 0.4) is 0 Å². The highest BCUT2D eigenvalue weighted by atomic mass is 32.2. The summed E-state index contributed by atoms with van der Waals surface area (Å²) in [7, 11) is -3.20. The molecule has 0 aromatic carbocycles. The first kappa shape index (κ1) is 17.4. The maximum absolute atomic E-state index is 12.4. The van der Waals surface area contributed by atoms with E-state index in [1.54, 1.807) is 0 Å². The van der Waals surface area contributed by atoms with Crippen molar-refractivity contribution in [2.45, 2.75) is 46.6 Å². The van der Waals surface area contributed by atoms with E-state index in [0.29, 0.717) is 24.9 Å². The van der Waals surface area contributed by atoms with Crippen LogP contribution in [0, 0.1) is 17.8 Å². The lowest BCUT2D eigenvalue weighted by molar-refractivity contribution is -0.127. The summed E-state index contributed by atoms with van der Waals surface area (Å²) >= 11 is 0. The maximum Gasteiger partial charge on any atom is 0.224 e. The van der Waals surface area contributed by atoms with Gasteiger partial charge >= 0.3 is 0 Å². The molecule has 1 amide bonds. The molecule has 0 aromatic rings.